The summed E-state index contributed by atoms with van der Waals surface area (Å²) in [5, 5.41) is 39.0. The zero-order chi connectivity index (χ0) is 62.5. The summed E-state index contributed by atoms with van der Waals surface area (Å²) in [4.78, 5) is 72.7. The molecule has 0 saturated heterocycles. The van der Waals surface area contributed by atoms with Crippen molar-refractivity contribution >= 4 is 102 Å². The van der Waals surface area contributed by atoms with E-state index in [4.69, 9.17) is 37.9 Å². The van der Waals surface area contributed by atoms with Crippen molar-refractivity contribution < 1.29 is 57.1 Å². The number of rotatable bonds is 18. The summed E-state index contributed by atoms with van der Waals surface area (Å²) in [7, 11) is 2.90. The lowest BCUT2D eigenvalue weighted by Gasteiger charge is -2.41. The van der Waals surface area contributed by atoms with E-state index < -0.39 is 46.9 Å². The molecule has 0 N–H and O–H groups in total. The first-order valence-corrected chi connectivity index (χ1v) is 30.7. The standard InChI is InChI=1S/C68H44N6O12S4/c1-79-53-29-57(73-45(31-69)32-70)89-61(53)55-27-49-59(87-55)47-23-43-26-52-48(24-44(43)25-51(47)85-67(49,63(75)81-35-39-15-7-3-8-16-39)64(76)82-36-40-17-9-4-10-18-40)60-50(28-56(88-60)62-54(80-2)30-58(90-62)74-46(33-71)34-72)68(86-52,65(77)83-37-41-19-11-5-12-20-41)66(78)84-38-42-21-13-6-14-22-42/h3-30,43-44H,35-38H2,1-2H3. The van der Waals surface area contributed by atoms with Gasteiger partial charge in [0, 0.05) is 65.8 Å². The van der Waals surface area contributed by atoms with E-state index in [0.29, 0.717) is 74.2 Å². The van der Waals surface area contributed by atoms with Gasteiger partial charge in [-0.05, 0) is 46.5 Å². The average Bonchev–Trinajstić information content (AvgIpc) is 1.37. The topological polar surface area (TPSA) is 262 Å². The van der Waals surface area contributed by atoms with Gasteiger partial charge in [-0.15, -0.1) is 45.3 Å². The van der Waals surface area contributed by atoms with Crippen LogP contribution in [-0.4, -0.2) is 49.5 Å². The van der Waals surface area contributed by atoms with Crippen molar-refractivity contribution in [3.05, 3.63) is 225 Å². The monoisotopic (exact) mass is 1260 g/mol. The largest absolute Gasteiger partial charge is 0.495 e. The molecule has 90 heavy (non-hydrogen) atoms. The molecule has 0 radical (unpaired) electrons. The Morgan fingerprint density at radius 3 is 1.04 bits per heavy atom. The van der Waals surface area contributed by atoms with Crippen molar-refractivity contribution in [3.8, 4) is 55.3 Å². The number of hydrogen-bond acceptors (Lipinski definition) is 22. The van der Waals surface area contributed by atoms with E-state index in [1.54, 1.807) is 158 Å². The number of benzene rings is 4. The van der Waals surface area contributed by atoms with Crippen LogP contribution in [0.3, 0.4) is 0 Å². The Bertz CT molecular complexity index is 4130. The molecule has 12 rings (SSSR count). The third-order valence-corrected chi connectivity index (χ3v) is 19.5. The highest BCUT2D eigenvalue weighted by atomic mass is 32.1. The van der Waals surface area contributed by atoms with Crippen molar-refractivity contribution in [1.82, 2.24) is 0 Å². The van der Waals surface area contributed by atoms with Crippen LogP contribution < -0.4 is 9.47 Å². The zero-order valence-corrected chi connectivity index (χ0v) is 50.6. The summed E-state index contributed by atoms with van der Waals surface area (Å²) in [6, 6.07) is 49.3. The highest BCUT2D eigenvalue weighted by Crippen LogP contribution is 2.59. The molecule has 442 valence electrons. The Balaban J connectivity index is 1.04. The highest BCUT2D eigenvalue weighted by molar-refractivity contribution is 7.25. The summed E-state index contributed by atoms with van der Waals surface area (Å²) in [6.45, 7) is -0.967. The Labute approximate surface area is 530 Å². The zero-order valence-electron chi connectivity index (χ0n) is 47.4. The lowest BCUT2D eigenvalue weighted by Crippen LogP contribution is -2.51. The molecule has 2 unspecified atom stereocenters. The Kier molecular flexibility index (Phi) is 16.7. The highest BCUT2D eigenvalue weighted by Gasteiger charge is 2.62. The molecule has 22 heteroatoms. The van der Waals surface area contributed by atoms with Gasteiger partial charge in [0.1, 0.15) is 83.7 Å². The fourth-order valence-corrected chi connectivity index (χ4v) is 15.2. The van der Waals surface area contributed by atoms with Crippen LogP contribution in [0.25, 0.3) is 30.7 Å². The summed E-state index contributed by atoms with van der Waals surface area (Å²) in [5.41, 5.74) is -2.39. The maximum absolute atomic E-state index is 15.4. The van der Waals surface area contributed by atoms with E-state index in [-0.39, 0.29) is 70.5 Å². The molecule has 18 nitrogen and oxygen atoms in total. The van der Waals surface area contributed by atoms with E-state index in [0.717, 1.165) is 22.7 Å². The van der Waals surface area contributed by atoms with Crippen LogP contribution >= 0.6 is 45.3 Å². The number of methoxy groups -OCH3 is 2. The van der Waals surface area contributed by atoms with E-state index >= 15 is 19.2 Å². The number of fused-ring (bicyclic) bond motifs is 7. The molecule has 4 aliphatic rings. The van der Waals surface area contributed by atoms with E-state index in [1.165, 1.54) is 36.9 Å². The van der Waals surface area contributed by atoms with Crippen molar-refractivity contribution in [2.45, 2.75) is 37.6 Å². The molecule has 2 aliphatic heterocycles. The van der Waals surface area contributed by atoms with Crippen molar-refractivity contribution in [3.63, 3.8) is 0 Å². The van der Waals surface area contributed by atoms with Crippen LogP contribution in [0.15, 0.2) is 191 Å². The molecular weight excluding hydrogens is 1220 g/mol. The van der Waals surface area contributed by atoms with E-state index in [9.17, 15) is 21.0 Å². The van der Waals surface area contributed by atoms with E-state index in [1.807, 2.05) is 36.4 Å². The van der Waals surface area contributed by atoms with Crippen LogP contribution in [0, 0.1) is 57.2 Å². The number of allylic oxidation sites excluding steroid dienone is 6. The minimum absolute atomic E-state index is 0.0794. The van der Waals surface area contributed by atoms with E-state index in [2.05, 4.69) is 9.98 Å². The van der Waals surface area contributed by atoms with Crippen LogP contribution in [0.4, 0.5) is 10.0 Å². The second-order valence-electron chi connectivity index (χ2n) is 20.2. The van der Waals surface area contributed by atoms with Gasteiger partial charge in [0.05, 0.1) is 24.0 Å². The summed E-state index contributed by atoms with van der Waals surface area (Å²) in [6.07, 6.45) is 7.34. The van der Waals surface area contributed by atoms with Gasteiger partial charge < -0.3 is 37.9 Å². The van der Waals surface area contributed by atoms with Crippen molar-refractivity contribution in [1.29, 1.82) is 21.0 Å². The van der Waals surface area contributed by atoms with Crippen LogP contribution in [0.1, 0.15) is 43.1 Å². The quantitative estimate of drug-likeness (QED) is 0.0334. The van der Waals surface area contributed by atoms with Crippen LogP contribution in [-0.2, 0) is 85.2 Å². The molecule has 4 aromatic carbocycles. The molecule has 6 heterocycles. The SMILES string of the molecule is COc1cc(N=C(C#N)C#N)sc1-c1cc2c(s1)C1=CC3C=C4OC(C(=O)OCc5ccccc5)(C(=O)OCc5ccccc5)c5cc(-c6sc(N=C(C#N)C#N)cc6OC)sc5C4=CC3C=C1OC2(C(=O)OCc1ccccc1)C(=O)OCc1ccccc1. The van der Waals surface area contributed by atoms with Crippen LogP contribution in [0.5, 0.6) is 11.5 Å². The predicted octanol–water partition coefficient (Wildman–Crippen LogP) is 13.4. The number of aliphatic imine (C=N–C) groups is 2. The molecule has 8 aromatic rings. The normalized spacial score (nSPS) is 15.7. The maximum atomic E-state index is 15.4. The molecular formula is C68H44N6O12S4. The van der Waals surface area contributed by atoms with Gasteiger partial charge in [-0.3, -0.25) is 0 Å². The molecule has 0 fully saturated rings. The third kappa shape index (κ3) is 11.2. The van der Waals surface area contributed by atoms with Gasteiger partial charge in [0.15, 0.2) is 0 Å². The number of nitrogens with zero attached hydrogens (tertiary/aromatic N) is 6. The fraction of sp³-hybridized carbons (Fsp3) is 0.147. The van der Waals surface area contributed by atoms with Crippen molar-refractivity contribution in [2.75, 3.05) is 14.2 Å². The third-order valence-electron chi connectivity index (χ3n) is 14.7. The number of thiophene rings is 4. The molecule has 2 atom stereocenters. The van der Waals surface area contributed by atoms with Gasteiger partial charge in [0.25, 0.3) is 0 Å². The van der Waals surface area contributed by atoms with Crippen LogP contribution in [0.2, 0.25) is 0 Å². The molecule has 2 aliphatic carbocycles. The first-order valence-electron chi connectivity index (χ1n) is 27.4. The Hall–Kier alpha value is -11.0. The molecule has 0 spiro atoms. The first kappa shape index (κ1) is 59.4. The Morgan fingerprint density at radius 1 is 0.444 bits per heavy atom. The smallest absolute Gasteiger partial charge is 0.367 e. The van der Waals surface area contributed by atoms with Gasteiger partial charge in [-0.25, -0.2) is 29.2 Å². The lowest BCUT2D eigenvalue weighted by atomic mass is 9.75. The maximum Gasteiger partial charge on any atom is 0.367 e. The second kappa shape index (κ2) is 25.4. The number of esters is 4. The fourth-order valence-electron chi connectivity index (χ4n) is 10.5. The van der Waals surface area contributed by atoms with Gasteiger partial charge in [-0.1, -0.05) is 133 Å². The summed E-state index contributed by atoms with van der Waals surface area (Å²) < 4.78 is 50.0. The minimum atomic E-state index is -2.60. The first-order chi connectivity index (χ1) is 43.9. The number of nitriles is 4. The minimum Gasteiger partial charge on any atom is -0.495 e. The number of carbonyl (C=O) groups excluding carboxylic acids is 4. The molecule has 0 bridgehead atoms. The number of hydrogen-bond donors (Lipinski definition) is 0. The average molecular weight is 1270 g/mol. The summed E-state index contributed by atoms with van der Waals surface area (Å²) >= 11 is 4.62. The lowest BCUT2D eigenvalue weighted by molar-refractivity contribution is -0.191. The molecule has 0 amide bonds. The summed E-state index contributed by atoms with van der Waals surface area (Å²) in [5.74, 6) is -4.68. The van der Waals surface area contributed by atoms with Crippen molar-refractivity contribution in [2.24, 2.45) is 21.8 Å². The predicted molar refractivity (Wildman–Crippen MR) is 335 cm³/mol. The number of carbonyl (C=O) groups is 4. The molecule has 0 saturated carbocycles. The number of ether oxygens (including phenoxy) is 8. The Morgan fingerprint density at radius 2 is 0.756 bits per heavy atom. The van der Waals surface area contributed by atoms with Gasteiger partial charge in [0.2, 0.25) is 11.4 Å². The van der Waals surface area contributed by atoms with Gasteiger partial charge >= 0.3 is 35.1 Å². The molecule has 4 aromatic heterocycles. The second-order valence-corrected chi connectivity index (χ2v) is 24.4. The van der Waals surface area contributed by atoms with Gasteiger partial charge in [-0.2, -0.15) is 21.0 Å².